The highest BCUT2D eigenvalue weighted by Gasteiger charge is 2.45. The molecule has 306 valence electrons. The van der Waals surface area contributed by atoms with Crippen molar-refractivity contribution < 1.29 is 40.4 Å². The van der Waals surface area contributed by atoms with Crippen LogP contribution in [-0.4, -0.2) is 53.1 Å². The topological polar surface area (TPSA) is 155 Å². The number of nitrogens with zero attached hydrogens (tertiary/aromatic N) is 2. The number of allylic oxidation sites excluding steroid dienone is 7. The van der Waals surface area contributed by atoms with Crippen molar-refractivity contribution >= 4 is 55.1 Å². The highest BCUT2D eigenvalue weighted by atomic mass is 32.2. The first-order valence-corrected chi connectivity index (χ1v) is 23.1. The molecule has 4 aromatic rings. The Hall–Kier alpha value is -5.05. The molecule has 0 saturated heterocycles. The Kier molecular flexibility index (Phi) is 11.5. The van der Waals surface area contributed by atoms with Crippen molar-refractivity contribution in [3.63, 3.8) is 0 Å². The Morgan fingerprint density at radius 3 is 2.10 bits per heavy atom. The Balaban J connectivity index is 1.33. The number of rotatable bonds is 12. The van der Waals surface area contributed by atoms with Crippen LogP contribution in [-0.2, 0) is 49.0 Å². The normalized spacial score (nSPS) is 18.9. The standard InChI is InChI=1S/C46H46N2O8S3/c1-45(2)37-26-35(58(51,52)53)20-22-39(37)47(28-31-12-7-5-8-13-31)41(45)24-18-33-16-11-17-34(44(33)57-30-43(49)50)19-25-42-46(3,4)38-27-36(59(54,55)56)21-23-40(38)48(42)29-32-14-9-6-10-15-32/h5-10,12-15,18-27H,11,16-17,28-30H2,1-4H3,(H2-,49,50,51,52,53,54,55,56). The molecule has 0 spiro atoms. The van der Waals surface area contributed by atoms with Crippen LogP contribution >= 0.6 is 11.8 Å². The highest BCUT2D eigenvalue weighted by Crippen LogP contribution is 2.50. The predicted molar refractivity (Wildman–Crippen MR) is 231 cm³/mol. The summed E-state index contributed by atoms with van der Waals surface area (Å²) in [5.74, 6) is -1.08. The van der Waals surface area contributed by atoms with Gasteiger partial charge in [-0.25, -0.2) is 8.42 Å². The van der Waals surface area contributed by atoms with Crippen LogP contribution in [0, 0.1) is 0 Å². The molecule has 0 bridgehead atoms. The summed E-state index contributed by atoms with van der Waals surface area (Å²) in [5.41, 5.74) is 7.63. The van der Waals surface area contributed by atoms with Gasteiger partial charge in [-0.3, -0.25) is 9.35 Å². The maximum Gasteiger partial charge on any atom is 0.313 e. The van der Waals surface area contributed by atoms with Gasteiger partial charge >= 0.3 is 5.97 Å². The number of hydrogen-bond donors (Lipinski definition) is 2. The average molecular weight is 851 g/mol. The molecule has 0 atom stereocenters. The van der Waals surface area contributed by atoms with Gasteiger partial charge in [0.1, 0.15) is 10.1 Å². The van der Waals surface area contributed by atoms with Gasteiger partial charge in [-0.15, -0.1) is 11.8 Å². The minimum absolute atomic E-state index is 0.143. The third kappa shape index (κ3) is 8.66. The molecule has 0 aromatic heterocycles. The summed E-state index contributed by atoms with van der Waals surface area (Å²) in [5, 5.41) is 9.83. The van der Waals surface area contributed by atoms with Gasteiger partial charge in [0.25, 0.3) is 10.1 Å². The van der Waals surface area contributed by atoms with Crippen LogP contribution in [0.3, 0.4) is 0 Å². The maximum atomic E-state index is 12.2. The van der Waals surface area contributed by atoms with Crippen molar-refractivity contribution in [1.82, 2.24) is 0 Å². The van der Waals surface area contributed by atoms with E-state index in [1.54, 1.807) is 12.1 Å². The molecule has 10 nitrogen and oxygen atoms in total. The average Bonchev–Trinajstić information content (AvgIpc) is 3.52. The molecule has 2 heterocycles. The number of carboxylic acids is 1. The monoisotopic (exact) mass is 850 g/mol. The molecule has 0 amide bonds. The summed E-state index contributed by atoms with van der Waals surface area (Å²) in [6.45, 7) is 9.07. The lowest BCUT2D eigenvalue weighted by Crippen LogP contribution is -2.27. The Labute approximate surface area is 350 Å². The van der Waals surface area contributed by atoms with E-state index in [0.29, 0.717) is 25.9 Å². The van der Waals surface area contributed by atoms with E-state index in [-0.39, 0.29) is 15.5 Å². The fourth-order valence-electron chi connectivity index (χ4n) is 8.40. The van der Waals surface area contributed by atoms with E-state index in [0.717, 1.165) is 67.5 Å². The van der Waals surface area contributed by atoms with Crippen molar-refractivity contribution in [3.05, 3.63) is 165 Å². The minimum Gasteiger partial charge on any atom is -0.744 e. The second-order valence-corrected chi connectivity index (χ2v) is 19.8. The van der Waals surface area contributed by atoms with Gasteiger partial charge in [0, 0.05) is 51.5 Å². The van der Waals surface area contributed by atoms with Crippen LogP contribution in [0.1, 0.15) is 69.2 Å². The number of benzene rings is 4. The molecule has 0 unspecified atom stereocenters. The summed E-state index contributed by atoms with van der Waals surface area (Å²) in [6, 6.07) is 29.1. The van der Waals surface area contributed by atoms with Gasteiger partial charge in [-0.2, -0.15) is 13.0 Å². The molecular weight excluding hydrogens is 805 g/mol. The molecule has 2 aliphatic heterocycles. The first kappa shape index (κ1) is 42.1. The zero-order valence-electron chi connectivity index (χ0n) is 33.3. The molecule has 4 aromatic carbocycles. The van der Waals surface area contributed by atoms with Gasteiger partial charge in [-0.1, -0.05) is 86.7 Å². The van der Waals surface area contributed by atoms with Crippen LogP contribution < -0.4 is 4.90 Å². The second-order valence-electron chi connectivity index (χ2n) is 16.0. The van der Waals surface area contributed by atoms with Gasteiger partial charge in [0.15, 0.2) is 12.3 Å². The summed E-state index contributed by atoms with van der Waals surface area (Å²) in [7, 11) is -9.13. The van der Waals surface area contributed by atoms with Crippen LogP contribution in [0.4, 0.5) is 11.4 Å². The lowest BCUT2D eigenvalue weighted by atomic mass is 9.81. The number of hydrogen-bond acceptors (Lipinski definition) is 8. The third-order valence-corrected chi connectivity index (χ3v) is 14.3. The second kappa shape index (κ2) is 16.2. The van der Waals surface area contributed by atoms with Crippen molar-refractivity contribution in [1.29, 1.82) is 0 Å². The van der Waals surface area contributed by atoms with Crippen LogP contribution in [0.2, 0.25) is 0 Å². The van der Waals surface area contributed by atoms with E-state index in [9.17, 15) is 35.8 Å². The van der Waals surface area contributed by atoms with Crippen LogP contribution in [0.15, 0.2) is 153 Å². The zero-order valence-corrected chi connectivity index (χ0v) is 35.7. The smallest absolute Gasteiger partial charge is 0.313 e. The Morgan fingerprint density at radius 2 is 1.46 bits per heavy atom. The van der Waals surface area contributed by atoms with Gasteiger partial charge in [-0.05, 0) is 91.8 Å². The first-order chi connectivity index (χ1) is 27.9. The lowest BCUT2D eigenvalue weighted by molar-refractivity contribution is -0.455. The highest BCUT2D eigenvalue weighted by molar-refractivity contribution is 8.04. The van der Waals surface area contributed by atoms with E-state index < -0.39 is 37.0 Å². The zero-order chi connectivity index (χ0) is 42.3. The van der Waals surface area contributed by atoms with E-state index >= 15 is 0 Å². The van der Waals surface area contributed by atoms with Crippen LogP contribution in [0.25, 0.3) is 0 Å². The lowest BCUT2D eigenvalue weighted by Gasteiger charge is -2.27. The third-order valence-electron chi connectivity index (χ3n) is 11.4. The largest absolute Gasteiger partial charge is 0.744 e. The molecule has 59 heavy (non-hydrogen) atoms. The molecular formula is C46H46N2O8S3. The quantitative estimate of drug-likeness (QED) is 0.104. The fraction of sp³-hybridized carbons (Fsp3) is 0.261. The summed E-state index contributed by atoms with van der Waals surface area (Å²) >= 11 is 1.28. The molecule has 0 saturated carbocycles. The minimum atomic E-state index is -4.69. The number of aliphatic carboxylic acids is 1. The van der Waals surface area contributed by atoms with Crippen molar-refractivity contribution in [2.45, 2.75) is 80.7 Å². The van der Waals surface area contributed by atoms with Crippen molar-refractivity contribution in [2.24, 2.45) is 0 Å². The Morgan fingerprint density at radius 1 is 0.814 bits per heavy atom. The number of carbonyl (C=O) groups is 1. The van der Waals surface area contributed by atoms with Crippen molar-refractivity contribution in [2.75, 3.05) is 10.7 Å². The van der Waals surface area contributed by atoms with E-state index in [1.807, 2.05) is 107 Å². The number of anilines is 1. The SMILES string of the molecule is CC1(C)C(/C=C/C2=C(SCC(=O)O)C(=C/C=C3/N(Cc4ccccc4)c4ccc(S(=O)(=O)O)cc4C3(C)C)/CCC2)=[N+](Cc2ccccc2)c2ccc(S(=O)(=O)[O-])cc21. The number of thioether (sulfide) groups is 1. The van der Waals surface area contributed by atoms with E-state index in [4.69, 9.17) is 0 Å². The maximum absolute atomic E-state index is 12.2. The molecule has 1 aliphatic carbocycles. The first-order valence-electron chi connectivity index (χ1n) is 19.3. The molecule has 0 radical (unpaired) electrons. The van der Waals surface area contributed by atoms with E-state index in [2.05, 4.69) is 15.6 Å². The number of fused-ring (bicyclic) bond motifs is 2. The Bertz CT molecular complexity index is 2710. The summed E-state index contributed by atoms with van der Waals surface area (Å²) in [6.07, 6.45) is 10.4. The molecule has 7 rings (SSSR count). The van der Waals surface area contributed by atoms with Gasteiger partial charge < -0.3 is 14.6 Å². The molecule has 13 heteroatoms. The fourth-order valence-corrected chi connectivity index (χ4v) is 10.4. The predicted octanol–water partition coefficient (Wildman–Crippen LogP) is 9.03. The van der Waals surface area contributed by atoms with Crippen LogP contribution in [0.5, 0.6) is 0 Å². The molecule has 3 aliphatic rings. The van der Waals surface area contributed by atoms with Gasteiger partial charge in [0.05, 0.1) is 21.0 Å². The van der Waals surface area contributed by atoms with Crippen molar-refractivity contribution in [3.8, 4) is 0 Å². The molecule has 2 N–H and O–H groups in total. The van der Waals surface area contributed by atoms with E-state index in [1.165, 1.54) is 36.0 Å². The van der Waals surface area contributed by atoms with Gasteiger partial charge in [0.2, 0.25) is 5.69 Å². The molecule has 0 fully saturated rings. The number of carboxylic acid groups (broad SMARTS) is 1. The summed E-state index contributed by atoms with van der Waals surface area (Å²) in [4.78, 5) is 14.6. The summed E-state index contributed by atoms with van der Waals surface area (Å²) < 4.78 is 72.8.